The molecule has 10 heteroatoms. The highest BCUT2D eigenvalue weighted by Crippen LogP contribution is 2.55. The van der Waals surface area contributed by atoms with Crippen LogP contribution in [0.4, 0.5) is 0 Å². The molecule has 6 nitrogen and oxygen atoms in total. The number of carbonyl (C=O) groups is 1. The lowest BCUT2D eigenvalue weighted by molar-refractivity contribution is 0.0320. The maximum absolute atomic E-state index is 13.6. The predicted molar refractivity (Wildman–Crippen MR) is 154 cm³/mol. The highest BCUT2D eigenvalue weighted by Gasteiger charge is 2.30. The van der Waals surface area contributed by atoms with Crippen LogP contribution in [0.2, 0.25) is 0 Å². The molecule has 1 aromatic carbocycles. The lowest BCUT2D eigenvalue weighted by Crippen LogP contribution is -2.17. The van der Waals surface area contributed by atoms with E-state index in [2.05, 4.69) is 38.8 Å². The molecule has 1 atom stereocenters. The zero-order chi connectivity index (χ0) is 25.9. The molecular weight excluding hydrogens is 644 g/mol. The Morgan fingerprint density at radius 1 is 0.892 bits per heavy atom. The second kappa shape index (κ2) is 12.0. The summed E-state index contributed by atoms with van der Waals surface area (Å²) in [4.78, 5) is 15.4. The predicted octanol–water partition coefficient (Wildman–Crippen LogP) is 8.73. The zero-order valence-electron chi connectivity index (χ0n) is 20.7. The maximum atomic E-state index is 13.6. The van der Waals surface area contributed by atoms with Gasteiger partial charge in [0.15, 0.2) is 23.0 Å². The van der Waals surface area contributed by atoms with Crippen LogP contribution in [0.5, 0.6) is 23.0 Å². The van der Waals surface area contributed by atoms with Crippen LogP contribution in [0.15, 0.2) is 25.8 Å². The molecule has 2 aliphatic rings. The zero-order valence-corrected chi connectivity index (χ0v) is 25.5. The van der Waals surface area contributed by atoms with Gasteiger partial charge in [0.05, 0.1) is 21.4 Å². The van der Waals surface area contributed by atoms with Crippen molar-refractivity contribution >= 4 is 60.5 Å². The molecule has 0 spiro atoms. The molecule has 5 rings (SSSR count). The van der Waals surface area contributed by atoms with Crippen molar-refractivity contribution < 1.29 is 28.5 Å². The molecule has 198 valence electrons. The van der Waals surface area contributed by atoms with Gasteiger partial charge in [0, 0.05) is 5.56 Å². The topological polar surface area (TPSA) is 63.2 Å². The largest absolute Gasteiger partial charge is 0.485 e. The van der Waals surface area contributed by atoms with Gasteiger partial charge in [0.2, 0.25) is 0 Å². The lowest BCUT2D eigenvalue weighted by atomic mass is 10.0. The van der Waals surface area contributed by atoms with Crippen molar-refractivity contribution in [3.05, 3.63) is 31.3 Å². The van der Waals surface area contributed by atoms with Gasteiger partial charge in [-0.25, -0.2) is 4.79 Å². The van der Waals surface area contributed by atoms with Crippen molar-refractivity contribution in [1.82, 2.24) is 0 Å². The van der Waals surface area contributed by atoms with E-state index in [1.807, 2.05) is 25.1 Å². The Balaban J connectivity index is 1.53. The molecule has 0 bridgehead atoms. The second-order valence-corrected chi connectivity index (χ2v) is 13.6. The number of hydrogen-bond acceptors (Lipinski definition) is 8. The monoisotopic (exact) mass is 670 g/mol. The molecule has 2 aromatic heterocycles. The maximum Gasteiger partial charge on any atom is 0.339 e. The summed E-state index contributed by atoms with van der Waals surface area (Å²) in [5.41, 5.74) is 2.11. The number of fused-ring (bicyclic) bond motifs is 2. The highest BCUT2D eigenvalue weighted by molar-refractivity contribution is 9.11. The summed E-state index contributed by atoms with van der Waals surface area (Å²) in [5, 5.41) is 0. The van der Waals surface area contributed by atoms with Crippen LogP contribution in [-0.4, -0.2) is 38.5 Å². The number of ether oxygens (including phenoxy) is 5. The number of unbranched alkanes of at least 4 members (excludes halogenated alkanes) is 3. The summed E-state index contributed by atoms with van der Waals surface area (Å²) in [7, 11) is 0. The molecule has 2 aliphatic heterocycles. The van der Waals surface area contributed by atoms with Crippen LogP contribution < -0.4 is 18.9 Å². The van der Waals surface area contributed by atoms with E-state index in [4.69, 9.17) is 23.7 Å². The summed E-state index contributed by atoms with van der Waals surface area (Å²) >= 11 is 10.2. The fourth-order valence-electron chi connectivity index (χ4n) is 4.41. The van der Waals surface area contributed by atoms with E-state index in [0.717, 1.165) is 47.7 Å². The van der Waals surface area contributed by atoms with Gasteiger partial charge in [-0.2, -0.15) is 0 Å². The third kappa shape index (κ3) is 5.67. The Labute approximate surface area is 241 Å². The Morgan fingerprint density at radius 3 is 2.14 bits per heavy atom. The number of hydrogen-bond donors (Lipinski definition) is 0. The molecule has 37 heavy (non-hydrogen) atoms. The van der Waals surface area contributed by atoms with Gasteiger partial charge in [0.25, 0.3) is 0 Å². The van der Waals surface area contributed by atoms with Crippen molar-refractivity contribution in [1.29, 1.82) is 0 Å². The summed E-state index contributed by atoms with van der Waals surface area (Å²) in [5.74, 6) is 2.40. The van der Waals surface area contributed by atoms with Crippen molar-refractivity contribution in [2.75, 3.05) is 26.4 Å². The molecule has 0 saturated heterocycles. The molecular formula is C27H28Br2O6S2. The Bertz CT molecular complexity index is 1280. The molecule has 4 heterocycles. The van der Waals surface area contributed by atoms with E-state index in [1.54, 1.807) is 0 Å². The number of rotatable bonds is 9. The molecule has 3 aromatic rings. The van der Waals surface area contributed by atoms with Crippen LogP contribution in [0.1, 0.15) is 56.3 Å². The first-order valence-corrected chi connectivity index (χ1v) is 15.7. The van der Waals surface area contributed by atoms with Gasteiger partial charge in [-0.1, -0.05) is 38.3 Å². The smallest absolute Gasteiger partial charge is 0.339 e. The number of carbonyl (C=O) groups excluding carboxylic acids is 1. The molecule has 0 saturated carbocycles. The van der Waals surface area contributed by atoms with Crippen LogP contribution in [0, 0.1) is 0 Å². The Morgan fingerprint density at radius 2 is 1.49 bits per heavy atom. The Hall–Kier alpha value is -1.75. The van der Waals surface area contributed by atoms with Gasteiger partial charge in [-0.05, 0) is 63.3 Å². The summed E-state index contributed by atoms with van der Waals surface area (Å²) in [6.07, 6.45) is 5.22. The van der Waals surface area contributed by atoms with Crippen LogP contribution in [0.25, 0.3) is 20.9 Å². The van der Waals surface area contributed by atoms with Crippen LogP contribution in [-0.2, 0) is 4.74 Å². The molecule has 0 unspecified atom stereocenters. The number of benzene rings is 1. The van der Waals surface area contributed by atoms with Gasteiger partial charge in [-0.15, -0.1) is 22.7 Å². The van der Waals surface area contributed by atoms with Gasteiger partial charge in [0.1, 0.15) is 34.0 Å². The molecule has 0 N–H and O–H groups in total. The first kappa shape index (κ1) is 26.8. The average Bonchev–Trinajstić information content (AvgIpc) is 3.43. The first-order chi connectivity index (χ1) is 18.0. The van der Waals surface area contributed by atoms with Crippen molar-refractivity contribution in [3.8, 4) is 43.9 Å². The molecule has 0 fully saturated rings. The van der Waals surface area contributed by atoms with Crippen LogP contribution >= 0.6 is 54.5 Å². The highest BCUT2D eigenvalue weighted by atomic mass is 79.9. The second-order valence-electron chi connectivity index (χ2n) is 8.95. The van der Waals surface area contributed by atoms with Crippen molar-refractivity contribution in [2.45, 2.75) is 52.1 Å². The fourth-order valence-corrected chi connectivity index (χ4v) is 7.84. The lowest BCUT2D eigenvalue weighted by Gasteiger charge is -2.19. The van der Waals surface area contributed by atoms with E-state index in [0.29, 0.717) is 55.0 Å². The third-order valence-corrected chi connectivity index (χ3v) is 9.89. The van der Waals surface area contributed by atoms with E-state index in [9.17, 15) is 4.79 Å². The van der Waals surface area contributed by atoms with Crippen molar-refractivity contribution in [3.63, 3.8) is 0 Å². The molecule has 0 radical (unpaired) electrons. The molecule has 0 amide bonds. The van der Waals surface area contributed by atoms with E-state index in [1.165, 1.54) is 35.5 Å². The fraction of sp³-hybridized carbons (Fsp3) is 0.444. The van der Waals surface area contributed by atoms with Crippen LogP contribution in [0.3, 0.4) is 0 Å². The first-order valence-electron chi connectivity index (χ1n) is 12.5. The van der Waals surface area contributed by atoms with E-state index < -0.39 is 0 Å². The van der Waals surface area contributed by atoms with Gasteiger partial charge in [-0.3, -0.25) is 0 Å². The number of thiophene rings is 2. The van der Waals surface area contributed by atoms with E-state index >= 15 is 0 Å². The van der Waals surface area contributed by atoms with Crippen molar-refractivity contribution in [2.24, 2.45) is 0 Å². The standard InChI is InChI=1S/C27H28Br2O6S2/c1-3-4-5-6-7-15(2)35-27(30)18-14-16(23-19-21(25(28)36-23)33-12-10-31-19)8-9-17(18)24-20-22(26(29)37-24)34-13-11-32-20/h8-9,14-15H,3-7,10-13H2,1-2H3/t15-/m1/s1. The summed E-state index contributed by atoms with van der Waals surface area (Å²) in [6.45, 7) is 6.10. The number of esters is 1. The summed E-state index contributed by atoms with van der Waals surface area (Å²) in [6, 6.07) is 5.85. The normalized spacial score (nSPS) is 14.9. The van der Waals surface area contributed by atoms with Gasteiger partial charge >= 0.3 is 5.97 Å². The minimum atomic E-state index is -0.350. The SMILES string of the molecule is CCCCCC[C@@H](C)OC(=O)c1cc(-c2sc(Br)c3c2OCCO3)ccc1-c1sc(Br)c2c1OCCO2. The number of halogens is 2. The average molecular weight is 672 g/mol. The van der Waals surface area contributed by atoms with E-state index in [-0.39, 0.29) is 12.1 Å². The minimum absolute atomic E-state index is 0.176. The third-order valence-electron chi connectivity index (χ3n) is 6.24. The molecule has 0 aliphatic carbocycles. The van der Waals surface area contributed by atoms with Gasteiger partial charge < -0.3 is 23.7 Å². The Kier molecular flexibility index (Phi) is 8.68. The quantitative estimate of drug-likeness (QED) is 0.167. The summed E-state index contributed by atoms with van der Waals surface area (Å²) < 4.78 is 31.2. The minimum Gasteiger partial charge on any atom is -0.485 e.